The second-order valence-corrected chi connectivity index (χ2v) is 4.50. The lowest BCUT2D eigenvalue weighted by molar-refractivity contribution is -0.150. The summed E-state index contributed by atoms with van der Waals surface area (Å²) in [5.74, 6) is 0.766. The fourth-order valence-electron chi connectivity index (χ4n) is 1.93. The minimum Gasteiger partial charge on any atom is -0.465 e. The molecule has 0 radical (unpaired) electrons. The third-order valence-corrected chi connectivity index (χ3v) is 3.07. The first-order valence-electron chi connectivity index (χ1n) is 6.43. The first kappa shape index (κ1) is 14.7. The molecule has 0 saturated heterocycles. The summed E-state index contributed by atoms with van der Waals surface area (Å²) in [4.78, 5) is 16.2. The van der Waals surface area contributed by atoms with Crippen LogP contribution in [0.5, 0.6) is 0 Å². The van der Waals surface area contributed by atoms with E-state index >= 15 is 0 Å². The molecule has 18 heavy (non-hydrogen) atoms. The predicted octanol–water partition coefficient (Wildman–Crippen LogP) is 1.51. The molecule has 0 saturated carbocycles. The SMILES string of the molecule is CCNC(C)(CCn1ccnc1C)C(=O)OCC. The number of hydrogen-bond donors (Lipinski definition) is 1. The molecule has 0 fully saturated rings. The summed E-state index contributed by atoms with van der Waals surface area (Å²) in [7, 11) is 0. The number of aryl methyl sites for hydroxylation is 2. The first-order chi connectivity index (χ1) is 8.53. The van der Waals surface area contributed by atoms with Crippen molar-refractivity contribution < 1.29 is 9.53 Å². The van der Waals surface area contributed by atoms with E-state index in [1.165, 1.54) is 0 Å². The molecule has 0 bridgehead atoms. The minimum atomic E-state index is -0.637. The van der Waals surface area contributed by atoms with Crippen molar-refractivity contribution in [2.45, 2.75) is 46.2 Å². The van der Waals surface area contributed by atoms with E-state index in [9.17, 15) is 4.79 Å². The summed E-state index contributed by atoms with van der Waals surface area (Å²) >= 11 is 0. The number of nitrogens with zero attached hydrogens (tertiary/aromatic N) is 2. The molecule has 0 aliphatic rings. The van der Waals surface area contributed by atoms with Crippen molar-refractivity contribution in [3.05, 3.63) is 18.2 Å². The molecular weight excluding hydrogens is 230 g/mol. The summed E-state index contributed by atoms with van der Waals surface area (Å²) in [6.45, 7) is 9.54. The van der Waals surface area contributed by atoms with Crippen molar-refractivity contribution in [1.82, 2.24) is 14.9 Å². The molecule has 1 unspecified atom stereocenters. The van der Waals surface area contributed by atoms with Gasteiger partial charge in [-0.2, -0.15) is 0 Å². The van der Waals surface area contributed by atoms with E-state index < -0.39 is 5.54 Å². The molecule has 1 N–H and O–H groups in total. The quantitative estimate of drug-likeness (QED) is 0.748. The average Bonchev–Trinajstić information content (AvgIpc) is 2.73. The lowest BCUT2D eigenvalue weighted by Gasteiger charge is -2.28. The Labute approximate surface area is 109 Å². The number of hydrogen-bond acceptors (Lipinski definition) is 4. The average molecular weight is 253 g/mol. The molecule has 0 aliphatic heterocycles. The Kier molecular flexibility index (Phi) is 5.34. The van der Waals surface area contributed by atoms with Crippen LogP contribution in [0.4, 0.5) is 0 Å². The van der Waals surface area contributed by atoms with Crippen LogP contribution in [0.25, 0.3) is 0 Å². The van der Waals surface area contributed by atoms with Gasteiger partial charge in [0.2, 0.25) is 0 Å². The van der Waals surface area contributed by atoms with E-state index in [4.69, 9.17) is 4.74 Å². The van der Waals surface area contributed by atoms with E-state index in [2.05, 4.69) is 10.3 Å². The third kappa shape index (κ3) is 3.57. The van der Waals surface area contributed by atoms with Gasteiger partial charge in [-0.25, -0.2) is 4.98 Å². The zero-order valence-corrected chi connectivity index (χ0v) is 11.7. The van der Waals surface area contributed by atoms with E-state index in [1.807, 2.05) is 38.5 Å². The summed E-state index contributed by atoms with van der Waals surface area (Å²) < 4.78 is 7.17. The van der Waals surface area contributed by atoms with Gasteiger partial charge in [0.15, 0.2) is 0 Å². The fraction of sp³-hybridized carbons (Fsp3) is 0.692. The molecule has 0 amide bonds. The highest BCUT2D eigenvalue weighted by molar-refractivity contribution is 5.80. The standard InChI is InChI=1S/C13H23N3O2/c1-5-15-13(4,12(17)18-6-2)7-9-16-10-8-14-11(16)3/h8,10,15H,5-7,9H2,1-4H3. The van der Waals surface area contributed by atoms with Crippen LogP contribution in [-0.4, -0.2) is 34.2 Å². The van der Waals surface area contributed by atoms with Gasteiger partial charge in [-0.1, -0.05) is 6.92 Å². The molecule has 5 heteroatoms. The number of imidazole rings is 1. The summed E-state index contributed by atoms with van der Waals surface area (Å²) in [6.07, 6.45) is 4.37. The highest BCUT2D eigenvalue weighted by Crippen LogP contribution is 2.14. The number of rotatable bonds is 7. The topological polar surface area (TPSA) is 56.2 Å². The van der Waals surface area contributed by atoms with Crippen LogP contribution in [0.1, 0.15) is 33.0 Å². The molecular formula is C13H23N3O2. The van der Waals surface area contributed by atoms with Gasteiger partial charge in [-0.15, -0.1) is 0 Å². The lowest BCUT2D eigenvalue weighted by Crippen LogP contribution is -2.51. The van der Waals surface area contributed by atoms with E-state index in [0.29, 0.717) is 13.0 Å². The monoisotopic (exact) mass is 253 g/mol. The summed E-state index contributed by atoms with van der Waals surface area (Å²) in [5.41, 5.74) is -0.637. The molecule has 5 nitrogen and oxygen atoms in total. The van der Waals surface area contributed by atoms with Gasteiger partial charge >= 0.3 is 5.97 Å². The highest BCUT2D eigenvalue weighted by Gasteiger charge is 2.33. The molecule has 0 aliphatic carbocycles. The van der Waals surface area contributed by atoms with Gasteiger partial charge in [0, 0.05) is 18.9 Å². The van der Waals surface area contributed by atoms with Crippen molar-refractivity contribution in [3.63, 3.8) is 0 Å². The van der Waals surface area contributed by atoms with E-state index in [0.717, 1.165) is 18.9 Å². The lowest BCUT2D eigenvalue weighted by atomic mass is 9.97. The smallest absolute Gasteiger partial charge is 0.326 e. The van der Waals surface area contributed by atoms with Crippen LogP contribution in [0.3, 0.4) is 0 Å². The van der Waals surface area contributed by atoms with Crippen molar-refractivity contribution in [1.29, 1.82) is 0 Å². The Bertz CT molecular complexity index is 389. The molecule has 1 aromatic rings. The Hall–Kier alpha value is -1.36. The number of nitrogens with one attached hydrogen (secondary N) is 1. The van der Waals surface area contributed by atoms with E-state index in [1.54, 1.807) is 6.20 Å². The Morgan fingerprint density at radius 3 is 2.78 bits per heavy atom. The maximum atomic E-state index is 12.0. The Balaban J connectivity index is 2.67. The van der Waals surface area contributed by atoms with Gasteiger partial charge < -0.3 is 14.6 Å². The molecule has 0 spiro atoms. The second kappa shape index (κ2) is 6.54. The zero-order chi connectivity index (χ0) is 13.6. The molecule has 1 aromatic heterocycles. The van der Waals surface area contributed by atoms with Gasteiger partial charge in [0.05, 0.1) is 6.61 Å². The van der Waals surface area contributed by atoms with Crippen molar-refractivity contribution >= 4 is 5.97 Å². The number of carbonyl (C=O) groups excluding carboxylic acids is 1. The molecule has 102 valence electrons. The highest BCUT2D eigenvalue weighted by atomic mass is 16.5. The molecule has 1 atom stereocenters. The van der Waals surface area contributed by atoms with Crippen LogP contribution in [0, 0.1) is 6.92 Å². The van der Waals surface area contributed by atoms with Gasteiger partial charge in [-0.05, 0) is 33.7 Å². The largest absolute Gasteiger partial charge is 0.465 e. The summed E-state index contributed by atoms with van der Waals surface area (Å²) in [6, 6.07) is 0. The second-order valence-electron chi connectivity index (χ2n) is 4.50. The maximum absolute atomic E-state index is 12.0. The van der Waals surface area contributed by atoms with Crippen LogP contribution in [-0.2, 0) is 16.1 Å². The van der Waals surface area contributed by atoms with Crippen molar-refractivity contribution in [2.75, 3.05) is 13.2 Å². The van der Waals surface area contributed by atoms with Gasteiger partial charge in [0.25, 0.3) is 0 Å². The van der Waals surface area contributed by atoms with Crippen LogP contribution >= 0.6 is 0 Å². The number of carbonyl (C=O) groups is 1. The zero-order valence-electron chi connectivity index (χ0n) is 11.7. The molecule has 1 rings (SSSR count). The van der Waals surface area contributed by atoms with Crippen LogP contribution < -0.4 is 5.32 Å². The number of likely N-dealkylation sites (N-methyl/N-ethyl adjacent to an activating group) is 1. The number of aromatic nitrogens is 2. The fourth-order valence-corrected chi connectivity index (χ4v) is 1.93. The third-order valence-electron chi connectivity index (χ3n) is 3.07. The number of ether oxygens (including phenoxy) is 1. The Morgan fingerprint density at radius 1 is 1.56 bits per heavy atom. The minimum absolute atomic E-state index is 0.190. The normalized spacial score (nSPS) is 14.2. The van der Waals surface area contributed by atoms with Gasteiger partial charge in [-0.3, -0.25) is 4.79 Å². The summed E-state index contributed by atoms with van der Waals surface area (Å²) in [5, 5.41) is 3.22. The van der Waals surface area contributed by atoms with Crippen molar-refractivity contribution in [2.24, 2.45) is 0 Å². The molecule has 1 heterocycles. The van der Waals surface area contributed by atoms with Crippen LogP contribution in [0.15, 0.2) is 12.4 Å². The molecule has 0 aromatic carbocycles. The van der Waals surface area contributed by atoms with Crippen molar-refractivity contribution in [3.8, 4) is 0 Å². The maximum Gasteiger partial charge on any atom is 0.326 e. The van der Waals surface area contributed by atoms with Crippen LogP contribution in [0.2, 0.25) is 0 Å². The van der Waals surface area contributed by atoms with Gasteiger partial charge in [0.1, 0.15) is 11.4 Å². The first-order valence-corrected chi connectivity index (χ1v) is 6.43. The van der Waals surface area contributed by atoms with E-state index in [-0.39, 0.29) is 5.97 Å². The number of esters is 1. The Morgan fingerprint density at radius 2 is 2.28 bits per heavy atom. The predicted molar refractivity (Wildman–Crippen MR) is 70.3 cm³/mol.